The van der Waals surface area contributed by atoms with Crippen LogP contribution in [0.2, 0.25) is 0 Å². The third-order valence-electron chi connectivity index (χ3n) is 2.90. The second-order valence-electron chi connectivity index (χ2n) is 4.17. The van der Waals surface area contributed by atoms with Gasteiger partial charge in [0.15, 0.2) is 0 Å². The number of nitrogens with one attached hydrogen (secondary N) is 1. The maximum atomic E-state index is 10.8. The summed E-state index contributed by atoms with van der Waals surface area (Å²) in [6, 6.07) is 0.144. The summed E-state index contributed by atoms with van der Waals surface area (Å²) in [7, 11) is 0. The predicted octanol–water partition coefficient (Wildman–Crippen LogP) is 0.000900. The summed E-state index contributed by atoms with van der Waals surface area (Å²) in [5, 5.41) is 12.8. The lowest BCUT2D eigenvalue weighted by Gasteiger charge is -2.29. The van der Waals surface area contributed by atoms with E-state index in [9.17, 15) is 9.90 Å². The van der Waals surface area contributed by atoms with Crippen molar-refractivity contribution in [2.45, 2.75) is 44.8 Å². The molecule has 1 amide bonds. The van der Waals surface area contributed by atoms with Crippen LogP contribution in [0.25, 0.3) is 0 Å². The number of carbonyl (C=O) groups excluding carboxylic acids is 1. The van der Waals surface area contributed by atoms with Gasteiger partial charge >= 0.3 is 0 Å². The third kappa shape index (κ3) is 3.27. The summed E-state index contributed by atoms with van der Waals surface area (Å²) >= 11 is 0. The van der Waals surface area contributed by atoms with Crippen molar-refractivity contribution in [2.75, 3.05) is 6.54 Å². The van der Waals surface area contributed by atoms with Gasteiger partial charge in [0.25, 0.3) is 0 Å². The number of aliphatic hydroxyl groups is 1. The van der Waals surface area contributed by atoms with Crippen LogP contribution >= 0.6 is 0 Å². The molecule has 0 aromatic carbocycles. The Labute approximate surface area is 84.9 Å². The van der Waals surface area contributed by atoms with Crippen molar-refractivity contribution in [3.8, 4) is 0 Å². The van der Waals surface area contributed by atoms with Gasteiger partial charge < -0.3 is 16.2 Å². The van der Waals surface area contributed by atoms with E-state index < -0.39 is 0 Å². The standard InChI is InChI=1S/C10H20N2O2/c1-7(10(11)14)6-12-8-4-2-3-5-9(8)13/h7-9,12-13H,2-6H2,1H3,(H2,11,14). The molecular formula is C10H20N2O2. The SMILES string of the molecule is CC(CNC1CCCCC1O)C(N)=O. The van der Waals surface area contributed by atoms with E-state index in [1.165, 1.54) is 0 Å². The van der Waals surface area contributed by atoms with Gasteiger partial charge in [-0.3, -0.25) is 4.79 Å². The molecule has 0 aromatic heterocycles. The summed E-state index contributed by atoms with van der Waals surface area (Å²) in [6.07, 6.45) is 3.85. The number of primary amides is 1. The fourth-order valence-corrected chi connectivity index (χ4v) is 1.78. The molecule has 4 heteroatoms. The van der Waals surface area contributed by atoms with Crippen LogP contribution in [0, 0.1) is 5.92 Å². The molecule has 0 aliphatic heterocycles. The molecule has 0 spiro atoms. The van der Waals surface area contributed by atoms with E-state index >= 15 is 0 Å². The number of hydrogen-bond donors (Lipinski definition) is 3. The first-order valence-electron chi connectivity index (χ1n) is 5.32. The van der Waals surface area contributed by atoms with E-state index in [1.807, 2.05) is 0 Å². The monoisotopic (exact) mass is 200 g/mol. The van der Waals surface area contributed by atoms with Crippen molar-refractivity contribution in [3.63, 3.8) is 0 Å². The van der Waals surface area contributed by atoms with E-state index in [4.69, 9.17) is 5.73 Å². The number of rotatable bonds is 4. The van der Waals surface area contributed by atoms with Gasteiger partial charge in [0.1, 0.15) is 0 Å². The summed E-state index contributed by atoms with van der Waals surface area (Å²) in [4.78, 5) is 10.8. The van der Waals surface area contributed by atoms with Crippen molar-refractivity contribution < 1.29 is 9.90 Å². The number of carbonyl (C=O) groups is 1. The van der Waals surface area contributed by atoms with E-state index in [0.29, 0.717) is 6.54 Å². The fourth-order valence-electron chi connectivity index (χ4n) is 1.78. The molecule has 1 saturated carbocycles. The summed E-state index contributed by atoms with van der Waals surface area (Å²) in [5.41, 5.74) is 5.14. The lowest BCUT2D eigenvalue weighted by molar-refractivity contribution is -0.121. The lowest BCUT2D eigenvalue weighted by atomic mass is 9.92. The molecule has 1 rings (SSSR count). The van der Waals surface area contributed by atoms with Crippen LogP contribution in [-0.2, 0) is 4.79 Å². The van der Waals surface area contributed by atoms with Crippen molar-refractivity contribution in [1.29, 1.82) is 0 Å². The highest BCUT2D eigenvalue weighted by molar-refractivity contribution is 5.76. The third-order valence-corrected chi connectivity index (χ3v) is 2.90. The molecule has 0 heterocycles. The summed E-state index contributed by atoms with van der Waals surface area (Å²) < 4.78 is 0. The molecule has 14 heavy (non-hydrogen) atoms. The minimum absolute atomic E-state index is 0.144. The van der Waals surface area contributed by atoms with Crippen molar-refractivity contribution in [2.24, 2.45) is 11.7 Å². The molecule has 0 bridgehead atoms. The first kappa shape index (κ1) is 11.5. The summed E-state index contributed by atoms with van der Waals surface area (Å²) in [6.45, 7) is 2.36. The Kier molecular flexibility index (Phi) is 4.35. The van der Waals surface area contributed by atoms with Gasteiger partial charge in [-0.15, -0.1) is 0 Å². The Hall–Kier alpha value is -0.610. The minimum atomic E-state index is -0.289. The molecule has 0 radical (unpaired) electrons. The highest BCUT2D eigenvalue weighted by Gasteiger charge is 2.23. The highest BCUT2D eigenvalue weighted by Crippen LogP contribution is 2.18. The molecule has 1 aliphatic rings. The molecule has 3 atom stereocenters. The van der Waals surface area contributed by atoms with Crippen LogP contribution in [0.15, 0.2) is 0 Å². The molecule has 4 nitrogen and oxygen atoms in total. The van der Waals surface area contributed by atoms with Gasteiger partial charge in [-0.1, -0.05) is 19.8 Å². The second-order valence-corrected chi connectivity index (χ2v) is 4.17. The van der Waals surface area contributed by atoms with Gasteiger partial charge in [-0.2, -0.15) is 0 Å². The van der Waals surface area contributed by atoms with Crippen LogP contribution in [0.5, 0.6) is 0 Å². The predicted molar refractivity (Wildman–Crippen MR) is 54.6 cm³/mol. The molecule has 3 unspecified atom stereocenters. The maximum Gasteiger partial charge on any atom is 0.221 e. The van der Waals surface area contributed by atoms with Gasteiger partial charge in [0.2, 0.25) is 5.91 Å². The Balaban J connectivity index is 2.25. The normalized spacial score (nSPS) is 29.9. The van der Waals surface area contributed by atoms with E-state index in [-0.39, 0.29) is 24.0 Å². The fraction of sp³-hybridized carbons (Fsp3) is 0.900. The van der Waals surface area contributed by atoms with Crippen molar-refractivity contribution >= 4 is 5.91 Å². The first-order chi connectivity index (χ1) is 6.61. The van der Waals surface area contributed by atoms with E-state index in [2.05, 4.69) is 5.32 Å². The zero-order chi connectivity index (χ0) is 10.6. The van der Waals surface area contributed by atoms with Gasteiger partial charge in [-0.05, 0) is 12.8 Å². The Morgan fingerprint density at radius 1 is 1.57 bits per heavy atom. The largest absolute Gasteiger partial charge is 0.392 e. The average molecular weight is 200 g/mol. The number of hydrogen-bond acceptors (Lipinski definition) is 3. The van der Waals surface area contributed by atoms with Gasteiger partial charge in [-0.25, -0.2) is 0 Å². The first-order valence-corrected chi connectivity index (χ1v) is 5.32. The molecule has 1 fully saturated rings. The minimum Gasteiger partial charge on any atom is -0.392 e. The van der Waals surface area contributed by atoms with Gasteiger partial charge in [0.05, 0.1) is 6.10 Å². The number of nitrogens with two attached hydrogens (primary N) is 1. The molecule has 4 N–H and O–H groups in total. The topological polar surface area (TPSA) is 75.3 Å². The van der Waals surface area contributed by atoms with Crippen LogP contribution < -0.4 is 11.1 Å². The molecule has 0 aromatic rings. The zero-order valence-electron chi connectivity index (χ0n) is 8.70. The Morgan fingerprint density at radius 3 is 2.79 bits per heavy atom. The molecular weight excluding hydrogens is 180 g/mol. The van der Waals surface area contributed by atoms with E-state index in [1.54, 1.807) is 6.92 Å². The van der Waals surface area contributed by atoms with Crippen molar-refractivity contribution in [1.82, 2.24) is 5.32 Å². The highest BCUT2D eigenvalue weighted by atomic mass is 16.3. The maximum absolute atomic E-state index is 10.8. The Morgan fingerprint density at radius 2 is 2.21 bits per heavy atom. The number of aliphatic hydroxyl groups excluding tert-OH is 1. The average Bonchev–Trinajstić information content (AvgIpc) is 2.16. The zero-order valence-corrected chi connectivity index (χ0v) is 8.70. The van der Waals surface area contributed by atoms with E-state index in [0.717, 1.165) is 25.7 Å². The lowest BCUT2D eigenvalue weighted by Crippen LogP contribution is -2.45. The summed E-state index contributed by atoms with van der Waals surface area (Å²) in [5.74, 6) is -0.452. The number of amides is 1. The second kappa shape index (κ2) is 5.32. The molecule has 0 saturated heterocycles. The Bertz CT molecular complexity index is 197. The quantitative estimate of drug-likeness (QED) is 0.598. The van der Waals surface area contributed by atoms with Crippen molar-refractivity contribution in [3.05, 3.63) is 0 Å². The van der Waals surface area contributed by atoms with Crippen LogP contribution in [0.4, 0.5) is 0 Å². The molecule has 1 aliphatic carbocycles. The van der Waals surface area contributed by atoms with Crippen LogP contribution in [-0.4, -0.2) is 29.7 Å². The molecule has 82 valence electrons. The van der Waals surface area contributed by atoms with Crippen LogP contribution in [0.1, 0.15) is 32.6 Å². The van der Waals surface area contributed by atoms with Gasteiger partial charge in [0, 0.05) is 18.5 Å². The smallest absolute Gasteiger partial charge is 0.221 e. The van der Waals surface area contributed by atoms with Crippen LogP contribution in [0.3, 0.4) is 0 Å².